The molecule has 0 aliphatic carbocycles. The summed E-state index contributed by atoms with van der Waals surface area (Å²) in [5, 5.41) is 4.03. The molecule has 5 nitrogen and oxygen atoms in total. The van der Waals surface area contributed by atoms with E-state index >= 15 is 0 Å². The quantitative estimate of drug-likeness (QED) is 0.942. The molecule has 0 atom stereocenters. The number of anilines is 2. The third kappa shape index (κ3) is 3.62. The Kier molecular flexibility index (Phi) is 4.76. The number of morpholine rings is 1. The van der Waals surface area contributed by atoms with E-state index in [9.17, 15) is 4.79 Å². The standard InChI is InChI=1S/C18H23N3O2/c1-3-4-18(22)19-14-5-6-16-15(12-14)13(2)11-17(20-16)21-7-9-23-10-8-21/h5-6,11-12H,3-4,7-10H2,1-2H3,(H,19,22). The Morgan fingerprint density at radius 2 is 2.09 bits per heavy atom. The molecule has 0 saturated carbocycles. The summed E-state index contributed by atoms with van der Waals surface area (Å²) in [5.41, 5.74) is 2.96. The second-order valence-electron chi connectivity index (χ2n) is 5.93. The van der Waals surface area contributed by atoms with Gasteiger partial charge in [-0.3, -0.25) is 4.79 Å². The fourth-order valence-electron chi connectivity index (χ4n) is 2.86. The van der Waals surface area contributed by atoms with E-state index in [0.717, 1.165) is 55.1 Å². The van der Waals surface area contributed by atoms with E-state index in [2.05, 4.69) is 23.2 Å². The largest absolute Gasteiger partial charge is 0.378 e. The van der Waals surface area contributed by atoms with E-state index in [1.54, 1.807) is 0 Å². The van der Waals surface area contributed by atoms with Crippen LogP contribution in [0.5, 0.6) is 0 Å². The molecule has 0 bridgehead atoms. The maximum Gasteiger partial charge on any atom is 0.224 e. The number of hydrogen-bond acceptors (Lipinski definition) is 4. The van der Waals surface area contributed by atoms with Crippen molar-refractivity contribution in [2.45, 2.75) is 26.7 Å². The lowest BCUT2D eigenvalue weighted by atomic mass is 10.1. The van der Waals surface area contributed by atoms with E-state index in [-0.39, 0.29) is 5.91 Å². The lowest BCUT2D eigenvalue weighted by Crippen LogP contribution is -2.36. The van der Waals surface area contributed by atoms with Gasteiger partial charge < -0.3 is 15.0 Å². The highest BCUT2D eigenvalue weighted by atomic mass is 16.5. The van der Waals surface area contributed by atoms with Gasteiger partial charge in [-0.05, 0) is 43.2 Å². The number of aromatic nitrogens is 1. The molecule has 1 aromatic heterocycles. The van der Waals surface area contributed by atoms with Crippen molar-refractivity contribution in [3.63, 3.8) is 0 Å². The van der Waals surface area contributed by atoms with Crippen molar-refractivity contribution in [1.29, 1.82) is 0 Å². The molecular weight excluding hydrogens is 290 g/mol. The first-order valence-corrected chi connectivity index (χ1v) is 8.21. The molecule has 23 heavy (non-hydrogen) atoms. The number of hydrogen-bond donors (Lipinski definition) is 1. The third-order valence-electron chi connectivity index (χ3n) is 4.10. The number of benzene rings is 1. The van der Waals surface area contributed by atoms with Crippen molar-refractivity contribution in [3.05, 3.63) is 29.8 Å². The summed E-state index contributed by atoms with van der Waals surface area (Å²) in [6.45, 7) is 7.35. The Labute approximate surface area is 136 Å². The predicted octanol–water partition coefficient (Wildman–Crippen LogP) is 3.12. The number of aryl methyl sites for hydroxylation is 1. The molecule has 1 aliphatic heterocycles. The second kappa shape index (κ2) is 6.96. The second-order valence-corrected chi connectivity index (χ2v) is 5.93. The average Bonchev–Trinajstić information content (AvgIpc) is 2.56. The van der Waals surface area contributed by atoms with Gasteiger partial charge in [-0.2, -0.15) is 0 Å². The predicted molar refractivity (Wildman–Crippen MR) is 93.0 cm³/mol. The Morgan fingerprint density at radius 1 is 1.30 bits per heavy atom. The minimum atomic E-state index is 0.0578. The third-order valence-corrected chi connectivity index (χ3v) is 4.10. The molecule has 1 saturated heterocycles. The maximum absolute atomic E-state index is 11.7. The molecule has 0 unspecified atom stereocenters. The van der Waals surface area contributed by atoms with Crippen LogP contribution >= 0.6 is 0 Å². The lowest BCUT2D eigenvalue weighted by molar-refractivity contribution is -0.116. The van der Waals surface area contributed by atoms with Crippen LogP contribution in [0.3, 0.4) is 0 Å². The first-order valence-electron chi connectivity index (χ1n) is 8.21. The summed E-state index contributed by atoms with van der Waals surface area (Å²) in [7, 11) is 0. The summed E-state index contributed by atoms with van der Waals surface area (Å²) in [6, 6.07) is 8.03. The van der Waals surface area contributed by atoms with Crippen LogP contribution < -0.4 is 10.2 Å². The van der Waals surface area contributed by atoms with Gasteiger partial charge in [0.2, 0.25) is 5.91 Å². The normalized spacial score (nSPS) is 15.0. The van der Waals surface area contributed by atoms with Crippen molar-refractivity contribution in [2.75, 3.05) is 36.5 Å². The van der Waals surface area contributed by atoms with Gasteiger partial charge in [0.1, 0.15) is 5.82 Å². The van der Waals surface area contributed by atoms with Crippen molar-refractivity contribution < 1.29 is 9.53 Å². The molecular formula is C18H23N3O2. The van der Waals surface area contributed by atoms with E-state index < -0.39 is 0 Å². The van der Waals surface area contributed by atoms with Crippen molar-refractivity contribution in [1.82, 2.24) is 4.98 Å². The van der Waals surface area contributed by atoms with Crippen LogP contribution in [0.15, 0.2) is 24.3 Å². The number of ether oxygens (including phenoxy) is 1. The Bertz CT molecular complexity index is 709. The molecule has 1 fully saturated rings. The van der Waals surface area contributed by atoms with Crippen LogP contribution in [0, 0.1) is 6.92 Å². The zero-order valence-corrected chi connectivity index (χ0v) is 13.8. The minimum Gasteiger partial charge on any atom is -0.378 e. The Hall–Kier alpha value is -2.14. The number of carbonyl (C=O) groups excluding carboxylic acids is 1. The molecule has 5 heteroatoms. The number of carbonyl (C=O) groups is 1. The van der Waals surface area contributed by atoms with Gasteiger partial charge in [0.05, 0.1) is 18.7 Å². The fraction of sp³-hybridized carbons (Fsp3) is 0.444. The number of pyridine rings is 1. The molecule has 1 N–H and O–H groups in total. The van der Waals surface area contributed by atoms with Crippen LogP contribution in [0.1, 0.15) is 25.3 Å². The number of rotatable bonds is 4. The number of nitrogens with one attached hydrogen (secondary N) is 1. The fourth-order valence-corrected chi connectivity index (χ4v) is 2.86. The molecule has 1 amide bonds. The van der Waals surface area contributed by atoms with Gasteiger partial charge in [-0.15, -0.1) is 0 Å². The monoisotopic (exact) mass is 313 g/mol. The smallest absolute Gasteiger partial charge is 0.224 e. The molecule has 0 spiro atoms. The van der Waals surface area contributed by atoms with Gasteiger partial charge in [-0.1, -0.05) is 6.92 Å². The van der Waals surface area contributed by atoms with Gasteiger partial charge in [0, 0.05) is 30.6 Å². The van der Waals surface area contributed by atoms with Crippen LogP contribution in [0.2, 0.25) is 0 Å². The van der Waals surface area contributed by atoms with E-state index in [1.165, 1.54) is 5.56 Å². The van der Waals surface area contributed by atoms with Gasteiger partial charge >= 0.3 is 0 Å². The van der Waals surface area contributed by atoms with Crippen LogP contribution in [-0.2, 0) is 9.53 Å². The SMILES string of the molecule is CCCC(=O)Nc1ccc2nc(N3CCOCC3)cc(C)c2c1. The van der Waals surface area contributed by atoms with Gasteiger partial charge in [0.15, 0.2) is 0 Å². The molecule has 1 aromatic carbocycles. The summed E-state index contributed by atoms with van der Waals surface area (Å²) < 4.78 is 5.40. The van der Waals surface area contributed by atoms with Crippen molar-refractivity contribution >= 4 is 28.3 Å². The summed E-state index contributed by atoms with van der Waals surface area (Å²) >= 11 is 0. The highest BCUT2D eigenvalue weighted by Gasteiger charge is 2.14. The number of fused-ring (bicyclic) bond motifs is 1. The van der Waals surface area contributed by atoms with Gasteiger partial charge in [-0.25, -0.2) is 4.98 Å². The highest BCUT2D eigenvalue weighted by Crippen LogP contribution is 2.25. The average molecular weight is 313 g/mol. The van der Waals surface area contributed by atoms with E-state index in [1.807, 2.05) is 25.1 Å². The van der Waals surface area contributed by atoms with Crippen molar-refractivity contribution in [2.24, 2.45) is 0 Å². The molecule has 2 heterocycles. The maximum atomic E-state index is 11.7. The lowest BCUT2D eigenvalue weighted by Gasteiger charge is -2.28. The molecule has 3 rings (SSSR count). The Morgan fingerprint density at radius 3 is 2.83 bits per heavy atom. The summed E-state index contributed by atoms with van der Waals surface area (Å²) in [4.78, 5) is 18.8. The molecule has 122 valence electrons. The Balaban J connectivity index is 1.88. The topological polar surface area (TPSA) is 54.5 Å². The van der Waals surface area contributed by atoms with Crippen LogP contribution in [0.4, 0.5) is 11.5 Å². The number of amides is 1. The first-order chi connectivity index (χ1) is 11.2. The van der Waals surface area contributed by atoms with E-state index in [4.69, 9.17) is 9.72 Å². The zero-order valence-electron chi connectivity index (χ0n) is 13.8. The molecule has 1 aliphatic rings. The highest BCUT2D eigenvalue weighted by molar-refractivity contribution is 5.94. The van der Waals surface area contributed by atoms with Crippen LogP contribution in [0.25, 0.3) is 10.9 Å². The van der Waals surface area contributed by atoms with Gasteiger partial charge in [0.25, 0.3) is 0 Å². The first kappa shape index (κ1) is 15.7. The molecule has 0 radical (unpaired) electrons. The van der Waals surface area contributed by atoms with E-state index in [0.29, 0.717) is 6.42 Å². The van der Waals surface area contributed by atoms with Crippen LogP contribution in [-0.4, -0.2) is 37.2 Å². The number of nitrogens with zero attached hydrogens (tertiary/aromatic N) is 2. The summed E-state index contributed by atoms with van der Waals surface area (Å²) in [5.74, 6) is 1.06. The minimum absolute atomic E-state index is 0.0578. The zero-order chi connectivity index (χ0) is 16.2. The molecule has 2 aromatic rings. The summed E-state index contributed by atoms with van der Waals surface area (Å²) in [6.07, 6.45) is 1.40. The van der Waals surface area contributed by atoms with Crippen molar-refractivity contribution in [3.8, 4) is 0 Å².